The second kappa shape index (κ2) is 9.90. The highest BCUT2D eigenvalue weighted by atomic mass is 32.1. The number of nitrogens with one attached hydrogen (secondary N) is 1. The minimum absolute atomic E-state index is 0.0135. The van der Waals surface area contributed by atoms with Crippen LogP contribution in [0.25, 0.3) is 10.6 Å². The number of ether oxygens (including phenoxy) is 2. The first kappa shape index (κ1) is 19.9. The van der Waals surface area contributed by atoms with Crippen LogP contribution in [0.1, 0.15) is 18.2 Å². The van der Waals surface area contributed by atoms with Gasteiger partial charge in [-0.2, -0.15) is 0 Å². The van der Waals surface area contributed by atoms with Crippen molar-refractivity contribution in [2.24, 2.45) is 0 Å². The second-order valence-corrected chi connectivity index (χ2v) is 7.12. The second-order valence-electron chi connectivity index (χ2n) is 6.26. The molecule has 1 N–H and O–H groups in total. The molecule has 0 bridgehead atoms. The maximum absolute atomic E-state index is 12.0. The minimum atomic E-state index is -0.134. The Bertz CT molecular complexity index is 889. The van der Waals surface area contributed by atoms with Crippen molar-refractivity contribution in [3.63, 3.8) is 0 Å². The Labute approximate surface area is 169 Å². The Hall–Kier alpha value is -2.86. The van der Waals surface area contributed by atoms with Crippen molar-refractivity contribution in [2.45, 2.75) is 19.8 Å². The van der Waals surface area contributed by atoms with E-state index in [0.29, 0.717) is 18.7 Å². The lowest BCUT2D eigenvalue weighted by Gasteiger charge is -2.07. The minimum Gasteiger partial charge on any atom is -0.497 e. The fourth-order valence-electron chi connectivity index (χ4n) is 2.64. The molecule has 0 saturated carbocycles. The molecule has 0 aliphatic carbocycles. The van der Waals surface area contributed by atoms with E-state index >= 15 is 0 Å². The first-order valence-electron chi connectivity index (χ1n) is 9.25. The first-order chi connectivity index (χ1) is 13.7. The summed E-state index contributed by atoms with van der Waals surface area (Å²) in [6.07, 6.45) is 1.67. The smallest absolute Gasteiger partial charge is 0.257 e. The van der Waals surface area contributed by atoms with Crippen LogP contribution >= 0.6 is 11.3 Å². The molecular formula is C22H24N2O3S. The number of thiazole rings is 1. The van der Waals surface area contributed by atoms with Crippen molar-refractivity contribution in [3.8, 4) is 22.1 Å². The molecule has 3 rings (SSSR count). The van der Waals surface area contributed by atoms with Gasteiger partial charge in [-0.1, -0.05) is 19.1 Å². The molecule has 6 heteroatoms. The van der Waals surface area contributed by atoms with Crippen molar-refractivity contribution in [1.82, 2.24) is 10.3 Å². The highest BCUT2D eigenvalue weighted by molar-refractivity contribution is 7.13. The number of methoxy groups -OCH3 is 1. The topological polar surface area (TPSA) is 60.5 Å². The lowest BCUT2D eigenvalue weighted by molar-refractivity contribution is -0.123. The maximum atomic E-state index is 12.0. The molecule has 1 aromatic heterocycles. The lowest BCUT2D eigenvalue weighted by atomic mass is 10.2. The monoisotopic (exact) mass is 396 g/mol. The molecule has 5 nitrogen and oxygen atoms in total. The number of rotatable bonds is 9. The van der Waals surface area contributed by atoms with Crippen LogP contribution in [-0.2, 0) is 17.6 Å². The highest BCUT2D eigenvalue weighted by Gasteiger charge is 2.07. The van der Waals surface area contributed by atoms with Crippen molar-refractivity contribution in [3.05, 3.63) is 65.2 Å². The number of aryl methyl sites for hydroxylation is 1. The van der Waals surface area contributed by atoms with Gasteiger partial charge in [-0.3, -0.25) is 4.79 Å². The van der Waals surface area contributed by atoms with Crippen LogP contribution in [0.2, 0.25) is 0 Å². The molecule has 1 amide bonds. The van der Waals surface area contributed by atoms with E-state index in [9.17, 15) is 4.79 Å². The summed E-state index contributed by atoms with van der Waals surface area (Å²) in [5.41, 5.74) is 3.27. The fraction of sp³-hybridized carbons (Fsp3) is 0.273. The van der Waals surface area contributed by atoms with E-state index in [1.807, 2.05) is 53.9 Å². The number of carbonyl (C=O) groups excluding carboxylic acids is 1. The summed E-state index contributed by atoms with van der Waals surface area (Å²) in [5, 5.41) is 5.86. The number of hydrogen-bond acceptors (Lipinski definition) is 5. The third kappa shape index (κ3) is 5.57. The molecule has 0 aliphatic heterocycles. The van der Waals surface area contributed by atoms with E-state index in [2.05, 4.69) is 17.2 Å². The third-order valence-electron chi connectivity index (χ3n) is 4.29. The van der Waals surface area contributed by atoms with Gasteiger partial charge in [0, 0.05) is 23.9 Å². The summed E-state index contributed by atoms with van der Waals surface area (Å²) in [7, 11) is 1.65. The summed E-state index contributed by atoms with van der Waals surface area (Å²) in [6, 6.07) is 15.6. The van der Waals surface area contributed by atoms with Gasteiger partial charge in [-0.15, -0.1) is 11.3 Å². The van der Waals surface area contributed by atoms with Gasteiger partial charge < -0.3 is 14.8 Å². The Kier molecular flexibility index (Phi) is 7.03. The molecule has 1 heterocycles. The van der Waals surface area contributed by atoms with E-state index < -0.39 is 0 Å². The quantitative estimate of drug-likeness (QED) is 0.591. The zero-order valence-corrected chi connectivity index (χ0v) is 16.9. The molecule has 28 heavy (non-hydrogen) atoms. The average Bonchev–Trinajstić information content (AvgIpc) is 3.21. The number of hydrogen-bond donors (Lipinski definition) is 1. The molecule has 0 fully saturated rings. The summed E-state index contributed by atoms with van der Waals surface area (Å²) < 4.78 is 10.7. The molecule has 0 radical (unpaired) electrons. The Balaban J connectivity index is 1.41. The number of carbonyl (C=O) groups is 1. The van der Waals surface area contributed by atoms with Gasteiger partial charge in [0.15, 0.2) is 6.61 Å². The summed E-state index contributed by atoms with van der Waals surface area (Å²) in [5.74, 6) is 1.40. The molecule has 3 aromatic rings. The van der Waals surface area contributed by atoms with E-state index in [-0.39, 0.29) is 12.5 Å². The Morgan fingerprint density at radius 2 is 1.79 bits per heavy atom. The Morgan fingerprint density at radius 1 is 1.07 bits per heavy atom. The zero-order chi connectivity index (χ0) is 19.8. The van der Waals surface area contributed by atoms with Crippen LogP contribution in [0.5, 0.6) is 11.5 Å². The van der Waals surface area contributed by atoms with Crippen molar-refractivity contribution >= 4 is 17.2 Å². The van der Waals surface area contributed by atoms with Crippen molar-refractivity contribution in [2.75, 3.05) is 20.3 Å². The number of nitrogens with zero attached hydrogens (tertiary/aromatic N) is 1. The van der Waals surface area contributed by atoms with E-state index in [1.165, 1.54) is 5.56 Å². The summed E-state index contributed by atoms with van der Waals surface area (Å²) in [6.45, 7) is 2.65. The summed E-state index contributed by atoms with van der Waals surface area (Å²) >= 11 is 1.60. The zero-order valence-electron chi connectivity index (χ0n) is 16.1. The first-order valence-corrected chi connectivity index (χ1v) is 10.1. The summed E-state index contributed by atoms with van der Waals surface area (Å²) in [4.78, 5) is 16.6. The fourth-order valence-corrected chi connectivity index (χ4v) is 3.50. The lowest BCUT2D eigenvalue weighted by Crippen LogP contribution is -2.30. The van der Waals surface area contributed by atoms with Crippen LogP contribution in [0.4, 0.5) is 0 Å². The molecule has 0 saturated heterocycles. The molecule has 0 aliphatic rings. The largest absolute Gasteiger partial charge is 0.497 e. The van der Waals surface area contributed by atoms with Gasteiger partial charge in [-0.05, 0) is 48.4 Å². The maximum Gasteiger partial charge on any atom is 0.257 e. The standard InChI is InChI=1S/C22H24N2O3S/c1-3-16-4-8-20(9-5-16)27-14-21(25)23-13-12-18-15-28-22(24-18)17-6-10-19(26-2)11-7-17/h4-11,15H,3,12-14H2,1-2H3,(H,23,25). The number of amides is 1. The van der Waals surface area contributed by atoms with Gasteiger partial charge in [-0.25, -0.2) is 4.98 Å². The van der Waals surface area contributed by atoms with Crippen LogP contribution < -0.4 is 14.8 Å². The van der Waals surface area contributed by atoms with Crippen LogP contribution in [-0.4, -0.2) is 31.2 Å². The van der Waals surface area contributed by atoms with Crippen molar-refractivity contribution < 1.29 is 14.3 Å². The van der Waals surface area contributed by atoms with Gasteiger partial charge in [0.2, 0.25) is 0 Å². The normalized spacial score (nSPS) is 10.5. The van der Waals surface area contributed by atoms with Gasteiger partial charge in [0.05, 0.1) is 12.8 Å². The van der Waals surface area contributed by atoms with Crippen LogP contribution in [0.3, 0.4) is 0 Å². The molecular weight excluding hydrogens is 372 g/mol. The SMILES string of the molecule is CCc1ccc(OCC(=O)NCCc2csc(-c3ccc(OC)cc3)n2)cc1. The predicted octanol–water partition coefficient (Wildman–Crippen LogP) is 4.12. The molecule has 0 atom stereocenters. The van der Waals surface area contributed by atoms with E-state index in [4.69, 9.17) is 9.47 Å². The van der Waals surface area contributed by atoms with Crippen LogP contribution in [0, 0.1) is 0 Å². The molecule has 0 spiro atoms. The molecule has 146 valence electrons. The van der Waals surface area contributed by atoms with E-state index in [1.54, 1.807) is 18.4 Å². The average molecular weight is 397 g/mol. The highest BCUT2D eigenvalue weighted by Crippen LogP contribution is 2.25. The number of benzene rings is 2. The van der Waals surface area contributed by atoms with Gasteiger partial charge in [0.1, 0.15) is 16.5 Å². The van der Waals surface area contributed by atoms with Gasteiger partial charge >= 0.3 is 0 Å². The Morgan fingerprint density at radius 3 is 2.46 bits per heavy atom. The van der Waals surface area contributed by atoms with Gasteiger partial charge in [0.25, 0.3) is 5.91 Å². The predicted molar refractivity (Wildman–Crippen MR) is 112 cm³/mol. The van der Waals surface area contributed by atoms with E-state index in [0.717, 1.165) is 28.4 Å². The van der Waals surface area contributed by atoms with Crippen molar-refractivity contribution in [1.29, 1.82) is 0 Å². The number of aromatic nitrogens is 1. The third-order valence-corrected chi connectivity index (χ3v) is 5.23. The van der Waals surface area contributed by atoms with Crippen LogP contribution in [0.15, 0.2) is 53.9 Å². The molecule has 0 unspecified atom stereocenters. The molecule has 2 aromatic carbocycles.